The first-order chi connectivity index (χ1) is 11.1. The van der Waals surface area contributed by atoms with Gasteiger partial charge < -0.3 is 0 Å². The van der Waals surface area contributed by atoms with E-state index < -0.39 is 0 Å². The van der Waals surface area contributed by atoms with Gasteiger partial charge in [0.25, 0.3) is 5.91 Å². The van der Waals surface area contributed by atoms with Gasteiger partial charge in [0, 0.05) is 12.0 Å². The largest absolute Gasteiger partial charge is 0.293 e. The van der Waals surface area contributed by atoms with Gasteiger partial charge in [0.1, 0.15) is 0 Å². The topological polar surface area (TPSA) is 46.2 Å². The summed E-state index contributed by atoms with van der Waals surface area (Å²) in [5.74, 6) is -0.536. The van der Waals surface area contributed by atoms with Crippen LogP contribution in [-0.2, 0) is 9.59 Å². The van der Waals surface area contributed by atoms with Gasteiger partial charge in [-0.05, 0) is 13.3 Å². The summed E-state index contributed by atoms with van der Waals surface area (Å²) in [5.41, 5.74) is 0.378. The second-order valence-corrected chi connectivity index (χ2v) is 6.65. The molecule has 0 fully saturated rings. The van der Waals surface area contributed by atoms with E-state index in [2.05, 4.69) is 18.8 Å². The van der Waals surface area contributed by atoms with Crippen LogP contribution in [0.4, 0.5) is 0 Å². The number of imide groups is 1. The highest BCUT2D eigenvalue weighted by molar-refractivity contribution is 6.03. The molecule has 0 aromatic rings. The fourth-order valence-electron chi connectivity index (χ4n) is 2.60. The molecule has 0 aliphatic carbocycles. The first-order valence-corrected chi connectivity index (χ1v) is 9.57. The van der Waals surface area contributed by atoms with Gasteiger partial charge in [-0.15, -0.1) is 0 Å². The highest BCUT2D eigenvalue weighted by Gasteiger charge is 2.07. The molecule has 0 rings (SSSR count). The molecule has 1 N–H and O–H groups in total. The molecule has 0 saturated heterocycles. The summed E-state index contributed by atoms with van der Waals surface area (Å²) in [6, 6.07) is 0. The summed E-state index contributed by atoms with van der Waals surface area (Å²) in [5, 5.41) is 2.35. The van der Waals surface area contributed by atoms with E-state index in [1.165, 1.54) is 70.6 Å². The Morgan fingerprint density at radius 1 is 0.739 bits per heavy atom. The Balaban J connectivity index is 3.23. The van der Waals surface area contributed by atoms with Crippen LogP contribution in [0.15, 0.2) is 12.2 Å². The molecule has 3 nitrogen and oxygen atoms in total. The Morgan fingerprint density at radius 2 is 1.13 bits per heavy atom. The van der Waals surface area contributed by atoms with E-state index in [-0.39, 0.29) is 11.8 Å². The van der Waals surface area contributed by atoms with Crippen molar-refractivity contribution in [3.8, 4) is 0 Å². The number of unbranched alkanes of at least 4 members (excludes halogenated alkanes) is 12. The number of carbonyl (C=O) groups excluding carboxylic acids is 2. The van der Waals surface area contributed by atoms with Gasteiger partial charge in [-0.2, -0.15) is 0 Å². The number of rotatable bonds is 15. The zero-order valence-corrected chi connectivity index (χ0v) is 15.4. The number of amides is 2. The van der Waals surface area contributed by atoms with Crippen LogP contribution in [0.25, 0.3) is 0 Å². The smallest absolute Gasteiger partial charge is 0.252 e. The van der Waals surface area contributed by atoms with Gasteiger partial charge >= 0.3 is 0 Å². The van der Waals surface area contributed by atoms with E-state index in [0.29, 0.717) is 12.0 Å². The van der Waals surface area contributed by atoms with Gasteiger partial charge in [-0.1, -0.05) is 90.6 Å². The lowest BCUT2D eigenvalue weighted by Gasteiger charge is -2.04. The van der Waals surface area contributed by atoms with Crippen LogP contribution in [0.5, 0.6) is 0 Å². The van der Waals surface area contributed by atoms with Crippen LogP contribution in [0.2, 0.25) is 0 Å². The molecular weight excluding hydrogens is 286 g/mol. The van der Waals surface area contributed by atoms with Gasteiger partial charge in [0.15, 0.2) is 0 Å². The minimum atomic E-state index is -0.357. The van der Waals surface area contributed by atoms with Crippen LogP contribution in [-0.4, -0.2) is 11.8 Å². The number of carbonyl (C=O) groups is 2. The molecule has 0 radical (unpaired) electrons. The molecule has 0 spiro atoms. The molecular formula is C20H37NO2. The quantitative estimate of drug-likeness (QED) is 0.311. The minimum Gasteiger partial charge on any atom is -0.293 e. The maximum absolute atomic E-state index is 11.5. The van der Waals surface area contributed by atoms with Crippen molar-refractivity contribution in [3.05, 3.63) is 12.2 Å². The molecule has 0 aromatic carbocycles. The Labute approximate surface area is 143 Å². The maximum atomic E-state index is 11.5. The second-order valence-electron chi connectivity index (χ2n) is 6.65. The van der Waals surface area contributed by atoms with Crippen molar-refractivity contribution in [2.24, 2.45) is 0 Å². The molecule has 23 heavy (non-hydrogen) atoms. The van der Waals surface area contributed by atoms with E-state index >= 15 is 0 Å². The highest BCUT2D eigenvalue weighted by Crippen LogP contribution is 2.12. The van der Waals surface area contributed by atoms with E-state index in [9.17, 15) is 9.59 Å². The summed E-state index contributed by atoms with van der Waals surface area (Å²) in [6.45, 7) is 7.38. The van der Waals surface area contributed by atoms with E-state index in [1.807, 2.05) is 0 Å². The van der Waals surface area contributed by atoms with Crippen molar-refractivity contribution in [1.82, 2.24) is 5.32 Å². The Hall–Kier alpha value is -1.12. The third-order valence-electron chi connectivity index (χ3n) is 4.15. The second kappa shape index (κ2) is 15.8. The Kier molecular flexibility index (Phi) is 15.0. The predicted octanol–water partition coefficient (Wildman–Crippen LogP) is 5.69. The summed E-state index contributed by atoms with van der Waals surface area (Å²) in [7, 11) is 0. The average molecular weight is 324 g/mol. The molecule has 0 heterocycles. The lowest BCUT2D eigenvalue weighted by atomic mass is 10.0. The molecule has 134 valence electrons. The first-order valence-electron chi connectivity index (χ1n) is 9.57. The summed E-state index contributed by atoms with van der Waals surface area (Å²) in [4.78, 5) is 22.7. The molecule has 0 saturated carbocycles. The summed E-state index contributed by atoms with van der Waals surface area (Å²) < 4.78 is 0. The molecule has 0 aromatic heterocycles. The van der Waals surface area contributed by atoms with E-state index in [4.69, 9.17) is 0 Å². The third kappa shape index (κ3) is 15.5. The van der Waals surface area contributed by atoms with Crippen molar-refractivity contribution in [2.45, 2.75) is 104 Å². The van der Waals surface area contributed by atoms with Crippen molar-refractivity contribution in [2.75, 3.05) is 0 Å². The fourth-order valence-corrected chi connectivity index (χ4v) is 2.60. The molecule has 0 unspecified atom stereocenters. The normalized spacial score (nSPS) is 10.5. The molecule has 0 aliphatic heterocycles. The lowest BCUT2D eigenvalue weighted by molar-refractivity contribution is -0.128. The summed E-state index contributed by atoms with van der Waals surface area (Å²) >= 11 is 0. The number of hydrogen-bond donors (Lipinski definition) is 1. The van der Waals surface area contributed by atoms with Crippen molar-refractivity contribution >= 4 is 11.8 Å². The standard InChI is InChI=1S/C20H37NO2/c1-4-5-6-7-8-9-10-11-12-13-14-15-16-17-19(22)21-20(23)18(2)3/h2,4-17H2,1,3H3,(H,21,22,23). The van der Waals surface area contributed by atoms with Crippen LogP contribution >= 0.6 is 0 Å². The van der Waals surface area contributed by atoms with Gasteiger partial charge in [0.2, 0.25) is 5.91 Å². The van der Waals surface area contributed by atoms with Crippen molar-refractivity contribution in [1.29, 1.82) is 0 Å². The van der Waals surface area contributed by atoms with Crippen LogP contribution in [0.3, 0.4) is 0 Å². The predicted molar refractivity (Wildman–Crippen MR) is 98.3 cm³/mol. The molecule has 2 amide bonds. The zero-order chi connectivity index (χ0) is 17.3. The Morgan fingerprint density at radius 3 is 1.52 bits per heavy atom. The fraction of sp³-hybridized carbons (Fsp3) is 0.800. The highest BCUT2D eigenvalue weighted by atomic mass is 16.2. The van der Waals surface area contributed by atoms with Gasteiger partial charge in [-0.25, -0.2) is 0 Å². The molecule has 0 atom stereocenters. The van der Waals surface area contributed by atoms with Crippen LogP contribution in [0, 0.1) is 0 Å². The number of hydrogen-bond acceptors (Lipinski definition) is 2. The molecule has 3 heteroatoms. The molecule has 0 aliphatic rings. The van der Waals surface area contributed by atoms with Gasteiger partial charge in [-0.3, -0.25) is 14.9 Å². The lowest BCUT2D eigenvalue weighted by Crippen LogP contribution is -2.30. The molecule has 0 bridgehead atoms. The number of nitrogens with one attached hydrogen (secondary N) is 1. The zero-order valence-electron chi connectivity index (χ0n) is 15.4. The average Bonchev–Trinajstić information content (AvgIpc) is 2.51. The van der Waals surface area contributed by atoms with E-state index in [0.717, 1.165) is 12.8 Å². The van der Waals surface area contributed by atoms with E-state index in [1.54, 1.807) is 6.92 Å². The Bertz CT molecular complexity index is 337. The van der Waals surface area contributed by atoms with Gasteiger partial charge in [0.05, 0.1) is 0 Å². The van der Waals surface area contributed by atoms with Crippen LogP contribution < -0.4 is 5.32 Å². The first kappa shape index (κ1) is 21.9. The monoisotopic (exact) mass is 323 g/mol. The third-order valence-corrected chi connectivity index (χ3v) is 4.15. The SMILES string of the molecule is C=C(C)C(=O)NC(=O)CCCCCCCCCCCCCCC. The van der Waals surface area contributed by atoms with Crippen molar-refractivity contribution < 1.29 is 9.59 Å². The minimum absolute atomic E-state index is 0.180. The van der Waals surface area contributed by atoms with Crippen molar-refractivity contribution in [3.63, 3.8) is 0 Å². The maximum Gasteiger partial charge on any atom is 0.252 e. The summed E-state index contributed by atoms with van der Waals surface area (Å²) in [6.07, 6.45) is 17.2. The van der Waals surface area contributed by atoms with Crippen LogP contribution in [0.1, 0.15) is 104 Å².